The highest BCUT2D eigenvalue weighted by molar-refractivity contribution is 7.57. The summed E-state index contributed by atoms with van der Waals surface area (Å²) in [5.74, 6) is 0. The highest BCUT2D eigenvalue weighted by atomic mass is 31.1. The van der Waals surface area contributed by atoms with Gasteiger partial charge in [-0.15, -0.1) is 7.92 Å². The quantitative estimate of drug-likeness (QED) is 0.554. The zero-order chi connectivity index (χ0) is 8.20. The first-order valence-corrected chi connectivity index (χ1v) is 6.11. The lowest BCUT2D eigenvalue weighted by molar-refractivity contribution is 0.477. The van der Waals surface area contributed by atoms with E-state index in [2.05, 4.69) is 34.6 Å². The molecule has 0 heterocycles. The molecule has 0 saturated carbocycles. The molecule has 10 heavy (non-hydrogen) atoms. The Morgan fingerprint density at radius 3 is 1.50 bits per heavy atom. The summed E-state index contributed by atoms with van der Waals surface area (Å²) >= 11 is 0. The lowest BCUT2D eigenvalue weighted by atomic mass is 10.0. The van der Waals surface area contributed by atoms with Crippen LogP contribution >= 0.6 is 7.92 Å². The predicted molar refractivity (Wildman–Crippen MR) is 52.3 cm³/mol. The Hall–Kier alpha value is 0.430. The molecule has 0 bridgehead atoms. The van der Waals surface area contributed by atoms with Gasteiger partial charge >= 0.3 is 0 Å². The molecule has 0 aliphatic carbocycles. The first kappa shape index (κ1) is 10.4. The van der Waals surface area contributed by atoms with E-state index in [4.69, 9.17) is 0 Å². The molecule has 0 aliphatic rings. The summed E-state index contributed by atoms with van der Waals surface area (Å²) in [5.41, 5.74) is 0.553. The Balaban J connectivity index is 3.63. The first-order chi connectivity index (χ1) is 4.49. The van der Waals surface area contributed by atoms with Crippen LogP contribution in [-0.2, 0) is 0 Å². The minimum Gasteiger partial charge on any atom is -0.107 e. The predicted octanol–water partition coefficient (Wildman–Crippen LogP) is 3.55. The van der Waals surface area contributed by atoms with Gasteiger partial charge in [-0.05, 0) is 23.9 Å². The lowest BCUT2D eigenvalue weighted by Gasteiger charge is -2.24. The maximum absolute atomic E-state index is 2.34. The molecule has 0 saturated heterocycles. The Bertz CT molecular complexity index is 77.2. The number of hydrogen-bond donors (Lipinski definition) is 0. The van der Waals surface area contributed by atoms with Crippen molar-refractivity contribution in [1.82, 2.24) is 0 Å². The van der Waals surface area contributed by atoms with Crippen molar-refractivity contribution in [3.05, 3.63) is 0 Å². The van der Waals surface area contributed by atoms with Gasteiger partial charge in [0.2, 0.25) is 0 Å². The second kappa shape index (κ2) is 4.34. The van der Waals surface area contributed by atoms with E-state index >= 15 is 0 Å². The summed E-state index contributed by atoms with van der Waals surface area (Å²) in [6, 6.07) is 0. The topological polar surface area (TPSA) is 0 Å². The molecule has 0 aromatic rings. The Kier molecular flexibility index (Phi) is 4.52. The standard InChI is InChI=1S/C9H21P/c1-6-10(7-2)8-9(3,4)5/h6-8H2,1-5H3. The van der Waals surface area contributed by atoms with Gasteiger partial charge in [-0.2, -0.15) is 0 Å². The van der Waals surface area contributed by atoms with Crippen molar-refractivity contribution in [1.29, 1.82) is 0 Å². The third kappa shape index (κ3) is 5.23. The average molecular weight is 160 g/mol. The first-order valence-electron chi connectivity index (χ1n) is 4.22. The van der Waals surface area contributed by atoms with Crippen LogP contribution in [0.25, 0.3) is 0 Å². The average Bonchev–Trinajstić information content (AvgIpc) is 1.81. The van der Waals surface area contributed by atoms with E-state index in [0.717, 1.165) is 0 Å². The fourth-order valence-electron chi connectivity index (χ4n) is 1.12. The normalized spacial score (nSPS) is 12.6. The van der Waals surface area contributed by atoms with Gasteiger partial charge in [-0.3, -0.25) is 0 Å². The largest absolute Gasteiger partial charge is 0.107 e. The Labute approximate surface area is 67.2 Å². The van der Waals surface area contributed by atoms with Crippen LogP contribution in [0.4, 0.5) is 0 Å². The molecule has 62 valence electrons. The fourth-order valence-corrected chi connectivity index (χ4v) is 3.35. The van der Waals surface area contributed by atoms with Gasteiger partial charge in [0.25, 0.3) is 0 Å². The van der Waals surface area contributed by atoms with Gasteiger partial charge in [0.05, 0.1) is 0 Å². The molecule has 0 aliphatic heterocycles. The maximum atomic E-state index is 2.34. The Morgan fingerprint density at radius 1 is 1.00 bits per heavy atom. The summed E-state index contributed by atoms with van der Waals surface area (Å²) in [6.45, 7) is 11.7. The van der Waals surface area contributed by atoms with Gasteiger partial charge in [0, 0.05) is 0 Å². The minimum absolute atomic E-state index is 0.356. The van der Waals surface area contributed by atoms with Crippen molar-refractivity contribution in [2.45, 2.75) is 34.6 Å². The zero-order valence-electron chi connectivity index (χ0n) is 8.07. The summed E-state index contributed by atoms with van der Waals surface area (Å²) < 4.78 is 0. The molecule has 0 rings (SSSR count). The second-order valence-corrected chi connectivity index (χ2v) is 6.94. The summed E-state index contributed by atoms with van der Waals surface area (Å²) in [6.07, 6.45) is 4.25. The van der Waals surface area contributed by atoms with Gasteiger partial charge in [-0.1, -0.05) is 34.6 Å². The van der Waals surface area contributed by atoms with E-state index in [1.165, 1.54) is 18.5 Å². The third-order valence-corrected chi connectivity index (χ3v) is 4.78. The van der Waals surface area contributed by atoms with Crippen molar-refractivity contribution in [3.63, 3.8) is 0 Å². The summed E-state index contributed by atoms with van der Waals surface area (Å²) in [5, 5.41) is 0. The molecule has 0 atom stereocenters. The van der Waals surface area contributed by atoms with Gasteiger partial charge in [0.1, 0.15) is 0 Å². The van der Waals surface area contributed by atoms with Crippen LogP contribution in [-0.4, -0.2) is 18.5 Å². The Morgan fingerprint density at radius 2 is 1.40 bits per heavy atom. The molecule has 0 unspecified atom stereocenters. The van der Waals surface area contributed by atoms with E-state index in [0.29, 0.717) is 13.3 Å². The molecule has 0 nitrogen and oxygen atoms in total. The van der Waals surface area contributed by atoms with E-state index in [1.54, 1.807) is 0 Å². The molecule has 0 aromatic heterocycles. The van der Waals surface area contributed by atoms with Crippen molar-refractivity contribution in [2.24, 2.45) is 5.41 Å². The van der Waals surface area contributed by atoms with E-state index in [9.17, 15) is 0 Å². The van der Waals surface area contributed by atoms with Crippen LogP contribution in [0.15, 0.2) is 0 Å². The molecular weight excluding hydrogens is 139 g/mol. The maximum Gasteiger partial charge on any atom is -0.0277 e. The molecule has 0 spiro atoms. The minimum atomic E-state index is 0.356. The molecular formula is C9H21P. The highest BCUT2D eigenvalue weighted by Crippen LogP contribution is 2.40. The van der Waals surface area contributed by atoms with Crippen molar-refractivity contribution >= 4 is 7.92 Å². The zero-order valence-corrected chi connectivity index (χ0v) is 8.96. The summed E-state index contributed by atoms with van der Waals surface area (Å²) in [7, 11) is 0.356. The lowest BCUT2D eigenvalue weighted by Crippen LogP contribution is -2.11. The summed E-state index contributed by atoms with van der Waals surface area (Å²) in [4.78, 5) is 0. The van der Waals surface area contributed by atoms with Gasteiger partial charge in [-0.25, -0.2) is 0 Å². The van der Waals surface area contributed by atoms with Crippen LogP contribution in [0.2, 0.25) is 0 Å². The van der Waals surface area contributed by atoms with E-state index in [1.807, 2.05) is 0 Å². The smallest absolute Gasteiger partial charge is 0.0277 e. The SMILES string of the molecule is CCP(CC)CC(C)(C)C. The molecule has 0 fully saturated rings. The van der Waals surface area contributed by atoms with Crippen LogP contribution < -0.4 is 0 Å². The molecule has 1 heteroatoms. The van der Waals surface area contributed by atoms with Crippen LogP contribution in [0.5, 0.6) is 0 Å². The van der Waals surface area contributed by atoms with E-state index in [-0.39, 0.29) is 0 Å². The molecule has 0 radical (unpaired) electrons. The van der Waals surface area contributed by atoms with Crippen LogP contribution in [0, 0.1) is 5.41 Å². The second-order valence-electron chi connectivity index (χ2n) is 4.02. The highest BCUT2D eigenvalue weighted by Gasteiger charge is 2.14. The number of rotatable bonds is 3. The van der Waals surface area contributed by atoms with Crippen molar-refractivity contribution in [2.75, 3.05) is 18.5 Å². The number of hydrogen-bond acceptors (Lipinski definition) is 0. The fraction of sp³-hybridized carbons (Fsp3) is 1.00. The van der Waals surface area contributed by atoms with Crippen LogP contribution in [0.1, 0.15) is 34.6 Å². The van der Waals surface area contributed by atoms with E-state index < -0.39 is 0 Å². The van der Waals surface area contributed by atoms with Crippen molar-refractivity contribution < 1.29 is 0 Å². The van der Waals surface area contributed by atoms with Gasteiger partial charge < -0.3 is 0 Å². The monoisotopic (exact) mass is 160 g/mol. The van der Waals surface area contributed by atoms with Crippen molar-refractivity contribution in [3.8, 4) is 0 Å². The molecule has 0 amide bonds. The molecule has 0 N–H and O–H groups in total. The third-order valence-electron chi connectivity index (χ3n) is 1.59. The van der Waals surface area contributed by atoms with Crippen LogP contribution in [0.3, 0.4) is 0 Å². The molecule has 0 aromatic carbocycles. The van der Waals surface area contributed by atoms with Gasteiger partial charge in [0.15, 0.2) is 0 Å².